The summed E-state index contributed by atoms with van der Waals surface area (Å²) in [5.41, 5.74) is 6.52. The van der Waals surface area contributed by atoms with Crippen molar-refractivity contribution in [1.29, 1.82) is 0 Å². The lowest BCUT2D eigenvalue weighted by Gasteiger charge is -2.09. The highest BCUT2D eigenvalue weighted by Gasteiger charge is 2.15. The highest BCUT2D eigenvalue weighted by Crippen LogP contribution is 2.31. The van der Waals surface area contributed by atoms with Crippen LogP contribution in [-0.2, 0) is 10.0 Å². The van der Waals surface area contributed by atoms with Gasteiger partial charge in [-0.15, -0.1) is 11.3 Å². The third-order valence-electron chi connectivity index (χ3n) is 3.07. The van der Waals surface area contributed by atoms with Crippen LogP contribution in [0.3, 0.4) is 0 Å². The molecule has 0 aliphatic rings. The van der Waals surface area contributed by atoms with Gasteiger partial charge in [-0.1, -0.05) is 6.07 Å². The van der Waals surface area contributed by atoms with E-state index in [1.165, 1.54) is 11.3 Å². The number of H-pyrrole nitrogens is 1. The van der Waals surface area contributed by atoms with E-state index in [2.05, 4.69) is 37.5 Å². The van der Waals surface area contributed by atoms with Crippen LogP contribution in [0.5, 0.6) is 5.75 Å². The summed E-state index contributed by atoms with van der Waals surface area (Å²) in [6, 6.07) is 6.93. The van der Waals surface area contributed by atoms with Crippen LogP contribution in [0.15, 0.2) is 33.9 Å². The quantitative estimate of drug-likeness (QED) is 0.383. The van der Waals surface area contributed by atoms with Crippen LogP contribution in [0.1, 0.15) is 0 Å². The number of aromatic amines is 1. The van der Waals surface area contributed by atoms with Crippen molar-refractivity contribution in [2.75, 3.05) is 18.9 Å². The van der Waals surface area contributed by atoms with Gasteiger partial charge in [0.2, 0.25) is 10.0 Å². The molecule has 3 rings (SSSR count). The highest BCUT2D eigenvalue weighted by molar-refractivity contribution is 14.1. The Morgan fingerprint density at radius 1 is 1.39 bits per heavy atom. The number of benzene rings is 1. The number of thiophene rings is 1. The Balaban J connectivity index is 1.65. The molecule has 0 spiro atoms. The van der Waals surface area contributed by atoms with Gasteiger partial charge in [-0.3, -0.25) is 5.10 Å². The first-order valence-electron chi connectivity index (χ1n) is 6.57. The van der Waals surface area contributed by atoms with E-state index in [-0.39, 0.29) is 17.4 Å². The first-order valence-corrected chi connectivity index (χ1v) is 10.0. The molecule has 0 aliphatic carbocycles. The number of anilines is 1. The Bertz CT molecular complexity index is 922. The second-order valence-electron chi connectivity index (χ2n) is 4.58. The topological polar surface area (TPSA) is 110 Å². The van der Waals surface area contributed by atoms with Gasteiger partial charge in [-0.25, -0.2) is 13.1 Å². The van der Waals surface area contributed by atoms with Crippen LogP contribution in [-0.4, -0.2) is 31.8 Å². The van der Waals surface area contributed by atoms with Crippen molar-refractivity contribution in [2.45, 2.75) is 4.21 Å². The fraction of sp³-hybridized carbons (Fsp3) is 0.154. The molecule has 0 amide bonds. The SMILES string of the molecule is Nc1n[nH]c2c(OCCNS(=O)(=O)c3cccs3)ccc(I)c12. The minimum Gasteiger partial charge on any atom is -0.490 e. The van der Waals surface area contributed by atoms with E-state index in [1.807, 2.05) is 6.07 Å². The molecule has 122 valence electrons. The predicted molar refractivity (Wildman–Crippen MR) is 98.2 cm³/mol. The minimum atomic E-state index is -3.47. The number of fused-ring (bicyclic) bond motifs is 1. The van der Waals surface area contributed by atoms with Gasteiger partial charge in [0.15, 0.2) is 5.82 Å². The van der Waals surface area contributed by atoms with E-state index in [0.29, 0.717) is 17.1 Å². The van der Waals surface area contributed by atoms with Gasteiger partial charge in [-0.2, -0.15) is 5.10 Å². The van der Waals surface area contributed by atoms with Crippen molar-refractivity contribution in [2.24, 2.45) is 0 Å². The Morgan fingerprint density at radius 3 is 2.96 bits per heavy atom. The minimum absolute atomic E-state index is 0.164. The normalized spacial score (nSPS) is 11.9. The molecule has 0 saturated heterocycles. The smallest absolute Gasteiger partial charge is 0.250 e. The summed E-state index contributed by atoms with van der Waals surface area (Å²) in [7, 11) is -3.47. The monoisotopic (exact) mass is 464 g/mol. The largest absolute Gasteiger partial charge is 0.490 e. The van der Waals surface area contributed by atoms with Gasteiger partial charge in [0, 0.05) is 10.1 Å². The molecule has 0 bridgehead atoms. The van der Waals surface area contributed by atoms with Crippen LogP contribution in [0.25, 0.3) is 10.9 Å². The summed E-state index contributed by atoms with van der Waals surface area (Å²) in [6.07, 6.45) is 0. The molecular weight excluding hydrogens is 451 g/mol. The lowest BCUT2D eigenvalue weighted by Crippen LogP contribution is -2.27. The standard InChI is InChI=1S/C13H13IN4O3S2/c14-8-3-4-9(12-11(8)13(15)18-17-12)21-6-5-16-23(19,20)10-2-1-7-22-10/h1-4,7,16H,5-6H2,(H3,15,17,18). The lowest BCUT2D eigenvalue weighted by atomic mass is 10.2. The van der Waals surface area contributed by atoms with Gasteiger partial charge < -0.3 is 10.5 Å². The zero-order valence-electron chi connectivity index (χ0n) is 11.7. The van der Waals surface area contributed by atoms with Crippen molar-refractivity contribution in [3.05, 3.63) is 33.2 Å². The van der Waals surface area contributed by atoms with E-state index in [4.69, 9.17) is 10.5 Å². The van der Waals surface area contributed by atoms with E-state index >= 15 is 0 Å². The molecular formula is C13H13IN4O3S2. The molecule has 3 aromatic rings. The average Bonchev–Trinajstić information content (AvgIpc) is 3.16. The zero-order valence-corrected chi connectivity index (χ0v) is 15.5. The number of nitrogens with zero attached hydrogens (tertiary/aromatic N) is 1. The van der Waals surface area contributed by atoms with Crippen LogP contribution in [0, 0.1) is 3.57 Å². The van der Waals surface area contributed by atoms with Gasteiger partial charge in [0.25, 0.3) is 0 Å². The Morgan fingerprint density at radius 2 is 2.22 bits per heavy atom. The molecule has 0 saturated carbocycles. The van der Waals surface area contributed by atoms with Crippen LogP contribution >= 0.6 is 33.9 Å². The second-order valence-corrected chi connectivity index (χ2v) is 8.69. The maximum atomic E-state index is 12.0. The fourth-order valence-corrected chi connectivity index (χ4v) is 4.81. The molecule has 7 nitrogen and oxygen atoms in total. The van der Waals surface area contributed by atoms with Crippen molar-refractivity contribution >= 4 is 60.7 Å². The first-order chi connectivity index (χ1) is 11.0. The molecule has 2 aromatic heterocycles. The van der Waals surface area contributed by atoms with E-state index < -0.39 is 10.0 Å². The highest BCUT2D eigenvalue weighted by atomic mass is 127. The predicted octanol–water partition coefficient (Wildman–Crippen LogP) is 2.17. The number of nitrogens with two attached hydrogens (primary N) is 1. The van der Waals surface area contributed by atoms with Crippen LogP contribution in [0.4, 0.5) is 5.82 Å². The number of hydrogen-bond acceptors (Lipinski definition) is 6. The number of ether oxygens (including phenoxy) is 1. The van der Waals surface area contributed by atoms with Gasteiger partial charge in [0.1, 0.15) is 22.1 Å². The molecule has 1 aromatic carbocycles. The van der Waals surface area contributed by atoms with Crippen molar-refractivity contribution < 1.29 is 13.2 Å². The summed E-state index contributed by atoms with van der Waals surface area (Å²) in [5, 5.41) is 9.34. The number of aromatic nitrogens is 2. The molecule has 10 heteroatoms. The van der Waals surface area contributed by atoms with E-state index in [9.17, 15) is 8.42 Å². The summed E-state index contributed by atoms with van der Waals surface area (Å²) >= 11 is 3.34. The third-order valence-corrected chi connectivity index (χ3v) is 6.83. The summed E-state index contributed by atoms with van der Waals surface area (Å²) in [6.45, 7) is 0.358. The van der Waals surface area contributed by atoms with Crippen LogP contribution < -0.4 is 15.2 Å². The van der Waals surface area contributed by atoms with Gasteiger partial charge >= 0.3 is 0 Å². The number of halogens is 1. The number of nitrogen functional groups attached to an aromatic ring is 1. The molecule has 0 unspecified atom stereocenters. The van der Waals surface area contributed by atoms with Gasteiger partial charge in [0.05, 0.1) is 5.39 Å². The first kappa shape index (κ1) is 16.5. The molecule has 2 heterocycles. The maximum Gasteiger partial charge on any atom is 0.250 e. The van der Waals surface area contributed by atoms with Gasteiger partial charge in [-0.05, 0) is 46.2 Å². The summed E-state index contributed by atoms with van der Waals surface area (Å²) in [5.74, 6) is 0.994. The van der Waals surface area contributed by atoms with Crippen molar-refractivity contribution in [3.8, 4) is 5.75 Å². The molecule has 0 aliphatic heterocycles. The maximum absolute atomic E-state index is 12.0. The number of rotatable bonds is 6. The zero-order chi connectivity index (χ0) is 16.4. The van der Waals surface area contributed by atoms with Crippen molar-refractivity contribution in [3.63, 3.8) is 0 Å². The molecule has 4 N–H and O–H groups in total. The van der Waals surface area contributed by atoms with E-state index in [1.54, 1.807) is 23.6 Å². The molecule has 0 radical (unpaired) electrons. The molecule has 0 fully saturated rings. The lowest BCUT2D eigenvalue weighted by molar-refractivity contribution is 0.326. The molecule has 23 heavy (non-hydrogen) atoms. The average molecular weight is 464 g/mol. The molecule has 0 atom stereocenters. The van der Waals surface area contributed by atoms with Crippen LogP contribution in [0.2, 0.25) is 0 Å². The fourth-order valence-electron chi connectivity index (χ4n) is 2.04. The summed E-state index contributed by atoms with van der Waals surface area (Å²) in [4.78, 5) is 0. The number of hydrogen-bond donors (Lipinski definition) is 3. The van der Waals surface area contributed by atoms with E-state index in [0.717, 1.165) is 8.96 Å². The third kappa shape index (κ3) is 3.44. The Labute approximate surface area is 150 Å². The second kappa shape index (κ2) is 6.63. The number of sulfonamides is 1. The Hall–Kier alpha value is -1.37. The summed E-state index contributed by atoms with van der Waals surface area (Å²) < 4.78 is 33.4. The van der Waals surface area contributed by atoms with Crippen molar-refractivity contribution in [1.82, 2.24) is 14.9 Å². The Kier molecular flexibility index (Phi) is 4.75. The number of nitrogens with one attached hydrogen (secondary N) is 2.